The molecule has 0 fully saturated rings. The van der Waals surface area contributed by atoms with Crippen LogP contribution in [0.4, 0.5) is 0 Å². The van der Waals surface area contributed by atoms with Gasteiger partial charge in [0, 0.05) is 13.0 Å². The van der Waals surface area contributed by atoms with Crippen LogP contribution >= 0.6 is 7.82 Å². The highest BCUT2D eigenvalue weighted by Gasteiger charge is 2.26. The van der Waals surface area contributed by atoms with Crippen molar-refractivity contribution in [1.29, 1.82) is 0 Å². The summed E-state index contributed by atoms with van der Waals surface area (Å²) in [5, 5.41) is 13.5. The molecule has 1 amide bonds. The molecule has 0 saturated carbocycles. The SMILES string of the molecule is CCCCCCC/C=C\C/C=C\C/C=C\CCCCCCCCC(=O)NC(COP(=O)(O)OCCN)C(O)/C=C/CCCCCCCCC. The van der Waals surface area contributed by atoms with Gasteiger partial charge in [-0.1, -0.05) is 152 Å². The molecule has 0 aliphatic heterocycles. The summed E-state index contributed by atoms with van der Waals surface area (Å²) in [6.07, 6.45) is 43.0. The van der Waals surface area contributed by atoms with E-state index in [1.165, 1.54) is 83.5 Å². The third kappa shape index (κ3) is 34.7. The van der Waals surface area contributed by atoms with E-state index in [1.807, 2.05) is 6.08 Å². The Morgan fingerprint density at radius 1 is 0.673 bits per heavy atom. The Kier molecular flexibility index (Phi) is 35.1. The van der Waals surface area contributed by atoms with Crippen molar-refractivity contribution in [3.8, 4) is 0 Å². The summed E-state index contributed by atoms with van der Waals surface area (Å²) in [6.45, 7) is 4.06. The van der Waals surface area contributed by atoms with Crippen LogP contribution < -0.4 is 11.1 Å². The number of amides is 1. The molecule has 3 atom stereocenters. The standard InChI is InChI=1S/C40H75N2O6P/c1-3-5-7-9-11-13-14-15-16-17-18-19-20-21-22-23-24-26-28-30-32-34-40(44)42-38(37-48-49(45,46)47-36-35-41)39(43)33-31-29-27-25-12-10-8-6-4-2/h14-15,17-18,20-21,31,33,38-39,43H,3-13,16,19,22-30,32,34-37,41H2,1-2H3,(H,42,44)(H,45,46)/b15-14-,18-17-,21-20-,33-31+. The second-order valence-electron chi connectivity index (χ2n) is 13.1. The highest BCUT2D eigenvalue weighted by atomic mass is 31.2. The maximum Gasteiger partial charge on any atom is 0.472 e. The van der Waals surface area contributed by atoms with Gasteiger partial charge in [0.25, 0.3) is 0 Å². The number of hydrogen-bond acceptors (Lipinski definition) is 6. The lowest BCUT2D eigenvalue weighted by Gasteiger charge is -2.23. The van der Waals surface area contributed by atoms with Gasteiger partial charge in [0.2, 0.25) is 5.91 Å². The highest BCUT2D eigenvalue weighted by Crippen LogP contribution is 2.43. The van der Waals surface area contributed by atoms with Crippen LogP contribution in [0.3, 0.4) is 0 Å². The Morgan fingerprint density at radius 3 is 1.63 bits per heavy atom. The zero-order chi connectivity index (χ0) is 36.1. The molecule has 0 spiro atoms. The molecule has 0 heterocycles. The maximum atomic E-state index is 12.7. The minimum Gasteiger partial charge on any atom is -0.387 e. The Bertz CT molecular complexity index is 907. The van der Waals surface area contributed by atoms with Crippen molar-refractivity contribution in [1.82, 2.24) is 5.32 Å². The fraction of sp³-hybridized carbons (Fsp3) is 0.775. The van der Waals surface area contributed by atoms with Crippen LogP contribution in [0.25, 0.3) is 0 Å². The van der Waals surface area contributed by atoms with Gasteiger partial charge in [-0.25, -0.2) is 4.57 Å². The molecule has 5 N–H and O–H groups in total. The lowest BCUT2D eigenvalue weighted by molar-refractivity contribution is -0.123. The van der Waals surface area contributed by atoms with Crippen molar-refractivity contribution < 1.29 is 28.4 Å². The van der Waals surface area contributed by atoms with Gasteiger partial charge in [-0.2, -0.15) is 0 Å². The monoisotopic (exact) mass is 711 g/mol. The first kappa shape index (κ1) is 47.5. The third-order valence-corrected chi connectivity index (χ3v) is 9.38. The lowest BCUT2D eigenvalue weighted by atomic mass is 10.1. The van der Waals surface area contributed by atoms with Crippen molar-refractivity contribution in [3.05, 3.63) is 48.6 Å². The molecule has 0 aromatic rings. The van der Waals surface area contributed by atoms with Gasteiger partial charge >= 0.3 is 7.82 Å². The lowest BCUT2D eigenvalue weighted by Crippen LogP contribution is -2.45. The number of phosphoric acid groups is 1. The summed E-state index contributed by atoms with van der Waals surface area (Å²) in [5.41, 5.74) is 5.35. The van der Waals surface area contributed by atoms with Crippen LogP contribution in [0.15, 0.2) is 48.6 Å². The van der Waals surface area contributed by atoms with Crippen molar-refractivity contribution >= 4 is 13.7 Å². The Hall–Kier alpha value is -1.54. The molecule has 286 valence electrons. The van der Waals surface area contributed by atoms with Crippen LogP contribution in [0.1, 0.15) is 168 Å². The molecular weight excluding hydrogens is 635 g/mol. The number of carbonyl (C=O) groups excluding carboxylic acids is 1. The van der Waals surface area contributed by atoms with Crippen LogP contribution in [0, 0.1) is 0 Å². The molecule has 0 radical (unpaired) electrons. The molecule has 0 rings (SSSR count). The summed E-state index contributed by atoms with van der Waals surface area (Å²) in [6, 6.07) is -0.866. The Balaban J connectivity index is 4.21. The summed E-state index contributed by atoms with van der Waals surface area (Å²) >= 11 is 0. The van der Waals surface area contributed by atoms with Gasteiger partial charge in [-0.15, -0.1) is 0 Å². The first-order valence-electron chi connectivity index (χ1n) is 19.8. The third-order valence-electron chi connectivity index (χ3n) is 8.40. The quantitative estimate of drug-likeness (QED) is 0.0289. The van der Waals surface area contributed by atoms with E-state index in [0.717, 1.165) is 64.2 Å². The predicted octanol–water partition coefficient (Wildman–Crippen LogP) is 10.6. The largest absolute Gasteiger partial charge is 0.472 e. The van der Waals surface area contributed by atoms with Crippen LogP contribution in [0.5, 0.6) is 0 Å². The number of phosphoric ester groups is 1. The van der Waals surface area contributed by atoms with Gasteiger partial charge < -0.3 is 21.1 Å². The van der Waals surface area contributed by atoms with Gasteiger partial charge in [0.1, 0.15) is 0 Å². The van der Waals surface area contributed by atoms with Crippen molar-refractivity contribution in [2.75, 3.05) is 19.8 Å². The average molecular weight is 711 g/mol. The first-order valence-corrected chi connectivity index (χ1v) is 21.3. The number of hydrogen-bond donors (Lipinski definition) is 4. The molecule has 3 unspecified atom stereocenters. The Labute approximate surface area is 301 Å². The fourth-order valence-electron chi connectivity index (χ4n) is 5.37. The van der Waals surface area contributed by atoms with E-state index < -0.39 is 20.0 Å². The fourth-order valence-corrected chi connectivity index (χ4v) is 6.13. The number of rotatable bonds is 36. The minimum atomic E-state index is -4.33. The van der Waals surface area contributed by atoms with Crippen LogP contribution in [-0.4, -0.2) is 47.8 Å². The number of aliphatic hydroxyl groups is 1. The van der Waals surface area contributed by atoms with E-state index in [9.17, 15) is 19.4 Å². The normalized spacial score (nSPS) is 14.8. The van der Waals surface area contributed by atoms with E-state index in [1.54, 1.807) is 6.08 Å². The van der Waals surface area contributed by atoms with E-state index in [-0.39, 0.29) is 25.7 Å². The zero-order valence-corrected chi connectivity index (χ0v) is 32.3. The van der Waals surface area contributed by atoms with E-state index in [2.05, 4.69) is 55.6 Å². The molecule has 0 aliphatic carbocycles. The smallest absolute Gasteiger partial charge is 0.387 e. The second-order valence-corrected chi connectivity index (χ2v) is 14.6. The second kappa shape index (κ2) is 36.3. The number of unbranched alkanes of at least 4 members (excludes halogenated alkanes) is 18. The number of aliphatic hydroxyl groups excluding tert-OH is 1. The molecule has 0 saturated heterocycles. The number of carbonyl (C=O) groups is 1. The van der Waals surface area contributed by atoms with Gasteiger partial charge in [-0.05, 0) is 57.8 Å². The molecule has 0 aliphatic rings. The van der Waals surface area contributed by atoms with Crippen molar-refractivity contribution in [2.45, 2.75) is 180 Å². The summed E-state index contributed by atoms with van der Waals surface area (Å²) in [7, 11) is -4.33. The number of allylic oxidation sites excluding steroid dienone is 7. The van der Waals surface area contributed by atoms with E-state index in [0.29, 0.717) is 6.42 Å². The highest BCUT2D eigenvalue weighted by molar-refractivity contribution is 7.47. The van der Waals surface area contributed by atoms with Gasteiger partial charge in [-0.3, -0.25) is 13.8 Å². The molecule has 9 heteroatoms. The van der Waals surface area contributed by atoms with E-state index >= 15 is 0 Å². The van der Waals surface area contributed by atoms with Crippen molar-refractivity contribution in [3.63, 3.8) is 0 Å². The summed E-state index contributed by atoms with van der Waals surface area (Å²) in [4.78, 5) is 22.6. The topological polar surface area (TPSA) is 131 Å². The molecule has 0 aromatic carbocycles. The summed E-state index contributed by atoms with van der Waals surface area (Å²) in [5.74, 6) is -0.211. The average Bonchev–Trinajstić information content (AvgIpc) is 3.09. The van der Waals surface area contributed by atoms with Gasteiger partial charge in [0.05, 0.1) is 25.4 Å². The molecule has 8 nitrogen and oxygen atoms in total. The first-order chi connectivity index (χ1) is 23.9. The molecule has 0 aromatic heterocycles. The van der Waals surface area contributed by atoms with Gasteiger partial charge in [0.15, 0.2) is 0 Å². The zero-order valence-electron chi connectivity index (χ0n) is 31.4. The minimum absolute atomic E-state index is 0.0741. The number of nitrogens with one attached hydrogen (secondary N) is 1. The molecule has 49 heavy (non-hydrogen) atoms. The number of nitrogens with two attached hydrogens (primary N) is 1. The summed E-state index contributed by atoms with van der Waals surface area (Å²) < 4.78 is 22.0. The van der Waals surface area contributed by atoms with Crippen LogP contribution in [0.2, 0.25) is 0 Å². The molecule has 0 bridgehead atoms. The van der Waals surface area contributed by atoms with Crippen LogP contribution in [-0.2, 0) is 18.4 Å². The molecular formula is C40H75N2O6P. The maximum absolute atomic E-state index is 12.7. The predicted molar refractivity (Wildman–Crippen MR) is 207 cm³/mol. The Morgan fingerprint density at radius 2 is 1.12 bits per heavy atom. The van der Waals surface area contributed by atoms with E-state index in [4.69, 9.17) is 14.8 Å². The van der Waals surface area contributed by atoms with Crippen molar-refractivity contribution in [2.24, 2.45) is 5.73 Å².